The van der Waals surface area contributed by atoms with Crippen LogP contribution in [0.5, 0.6) is 0 Å². The van der Waals surface area contributed by atoms with Crippen LogP contribution >= 0.6 is 11.8 Å². The zero-order valence-corrected chi connectivity index (χ0v) is 13.3. The molecule has 5 nitrogen and oxygen atoms in total. The number of thioether (sulfide) groups is 1. The number of imidazole rings is 1. The van der Waals surface area contributed by atoms with Crippen molar-refractivity contribution in [3.63, 3.8) is 0 Å². The van der Waals surface area contributed by atoms with Gasteiger partial charge in [0, 0.05) is 24.2 Å². The molecule has 118 valence electrons. The second-order valence-corrected chi connectivity index (χ2v) is 5.97. The van der Waals surface area contributed by atoms with Crippen molar-refractivity contribution in [1.29, 1.82) is 0 Å². The summed E-state index contributed by atoms with van der Waals surface area (Å²) in [6.07, 6.45) is 3.47. The number of hydrogen-bond acceptors (Lipinski definition) is 4. The number of aryl methyl sites for hydroxylation is 1. The summed E-state index contributed by atoms with van der Waals surface area (Å²) >= 11 is 1.76. The number of rotatable bonds is 8. The number of aliphatic hydroxyl groups excluding tert-OH is 1. The van der Waals surface area contributed by atoms with Crippen molar-refractivity contribution >= 4 is 17.7 Å². The number of aromatic nitrogens is 2. The van der Waals surface area contributed by atoms with Crippen molar-refractivity contribution < 1.29 is 15.0 Å². The van der Waals surface area contributed by atoms with Crippen LogP contribution in [-0.2, 0) is 17.8 Å². The highest BCUT2D eigenvalue weighted by atomic mass is 32.2. The van der Waals surface area contributed by atoms with E-state index in [1.54, 1.807) is 18.1 Å². The zero-order valence-electron chi connectivity index (χ0n) is 12.5. The molecule has 1 heterocycles. The molecule has 2 aromatic rings. The predicted octanol–water partition coefficient (Wildman–Crippen LogP) is 2.29. The van der Waals surface area contributed by atoms with Gasteiger partial charge < -0.3 is 14.8 Å². The maximum Gasteiger partial charge on any atom is 0.332 e. The Labute approximate surface area is 134 Å². The minimum atomic E-state index is -1.34. The molecule has 0 radical (unpaired) electrons. The minimum Gasteiger partial charge on any atom is -0.479 e. The number of carboxylic acid groups (broad SMARTS) is 1. The van der Waals surface area contributed by atoms with E-state index in [1.165, 1.54) is 0 Å². The molecule has 0 bridgehead atoms. The minimum absolute atomic E-state index is 0.173. The molecule has 6 heteroatoms. The molecule has 2 rings (SSSR count). The van der Waals surface area contributed by atoms with Crippen LogP contribution in [0.3, 0.4) is 0 Å². The van der Waals surface area contributed by atoms with Crippen LogP contribution in [0, 0.1) is 0 Å². The van der Waals surface area contributed by atoms with Crippen LogP contribution < -0.4 is 0 Å². The SMILES string of the molecule is CSCCc1c(-c2ccccc2)ncn1CC[C@H](O)C(=O)O. The maximum absolute atomic E-state index is 10.7. The van der Waals surface area contributed by atoms with Crippen LogP contribution in [0.2, 0.25) is 0 Å². The van der Waals surface area contributed by atoms with Crippen LogP contribution in [0.15, 0.2) is 36.7 Å². The number of aliphatic carboxylic acids is 1. The van der Waals surface area contributed by atoms with E-state index in [0.717, 1.165) is 29.1 Å². The fourth-order valence-electron chi connectivity index (χ4n) is 2.28. The van der Waals surface area contributed by atoms with E-state index in [0.29, 0.717) is 6.54 Å². The van der Waals surface area contributed by atoms with Gasteiger partial charge in [-0.2, -0.15) is 11.8 Å². The summed E-state index contributed by atoms with van der Waals surface area (Å²) in [4.78, 5) is 15.2. The lowest BCUT2D eigenvalue weighted by molar-refractivity contribution is -0.147. The highest BCUT2D eigenvalue weighted by Gasteiger charge is 2.16. The van der Waals surface area contributed by atoms with E-state index >= 15 is 0 Å². The monoisotopic (exact) mass is 320 g/mol. The van der Waals surface area contributed by atoms with E-state index in [2.05, 4.69) is 11.2 Å². The van der Waals surface area contributed by atoms with E-state index in [4.69, 9.17) is 5.11 Å². The molecule has 0 saturated heterocycles. The highest BCUT2D eigenvalue weighted by molar-refractivity contribution is 7.98. The molecule has 0 unspecified atom stereocenters. The number of benzene rings is 1. The molecule has 0 aliphatic rings. The number of nitrogens with zero attached hydrogens (tertiary/aromatic N) is 2. The first kappa shape index (κ1) is 16.6. The number of carboxylic acids is 1. The Morgan fingerprint density at radius 3 is 2.73 bits per heavy atom. The molecule has 0 amide bonds. The van der Waals surface area contributed by atoms with Gasteiger partial charge in [-0.05, 0) is 18.4 Å². The topological polar surface area (TPSA) is 75.3 Å². The molecular weight excluding hydrogens is 300 g/mol. The van der Waals surface area contributed by atoms with Crippen molar-refractivity contribution in [2.24, 2.45) is 0 Å². The van der Waals surface area contributed by atoms with Crippen LogP contribution in [0.1, 0.15) is 12.1 Å². The molecule has 0 aliphatic carbocycles. The average molecular weight is 320 g/mol. The molecule has 1 atom stereocenters. The first-order valence-corrected chi connectivity index (χ1v) is 8.52. The number of aliphatic hydroxyl groups is 1. The Morgan fingerprint density at radius 2 is 2.09 bits per heavy atom. The van der Waals surface area contributed by atoms with E-state index in [-0.39, 0.29) is 6.42 Å². The summed E-state index contributed by atoms with van der Waals surface area (Å²) in [6, 6.07) is 9.94. The molecule has 0 aliphatic heterocycles. The lowest BCUT2D eigenvalue weighted by Crippen LogP contribution is -2.21. The fraction of sp³-hybridized carbons (Fsp3) is 0.375. The highest BCUT2D eigenvalue weighted by Crippen LogP contribution is 2.23. The van der Waals surface area contributed by atoms with Gasteiger partial charge in [-0.1, -0.05) is 30.3 Å². The Morgan fingerprint density at radius 1 is 1.36 bits per heavy atom. The van der Waals surface area contributed by atoms with Gasteiger partial charge in [0.25, 0.3) is 0 Å². The third-order valence-corrected chi connectivity index (χ3v) is 4.08. The van der Waals surface area contributed by atoms with Gasteiger partial charge in [-0.15, -0.1) is 0 Å². The molecule has 22 heavy (non-hydrogen) atoms. The Hall–Kier alpha value is -1.79. The van der Waals surface area contributed by atoms with Crippen molar-refractivity contribution in [2.45, 2.75) is 25.5 Å². The number of hydrogen-bond donors (Lipinski definition) is 2. The van der Waals surface area contributed by atoms with E-state index in [9.17, 15) is 9.90 Å². The smallest absolute Gasteiger partial charge is 0.332 e. The van der Waals surface area contributed by atoms with Gasteiger partial charge in [-0.25, -0.2) is 9.78 Å². The molecular formula is C16H20N2O3S. The molecule has 0 saturated carbocycles. The third-order valence-electron chi connectivity index (χ3n) is 3.46. The molecule has 0 spiro atoms. The summed E-state index contributed by atoms with van der Waals surface area (Å²) in [5.41, 5.74) is 3.06. The predicted molar refractivity (Wildman–Crippen MR) is 88.0 cm³/mol. The average Bonchev–Trinajstić information content (AvgIpc) is 2.94. The molecule has 2 N–H and O–H groups in total. The summed E-state index contributed by atoms with van der Waals surface area (Å²) in [7, 11) is 0. The molecule has 1 aromatic carbocycles. The van der Waals surface area contributed by atoms with E-state index in [1.807, 2.05) is 34.9 Å². The van der Waals surface area contributed by atoms with Crippen molar-refractivity contribution in [3.05, 3.63) is 42.4 Å². The lowest BCUT2D eigenvalue weighted by atomic mass is 10.1. The Kier molecular flexibility index (Phi) is 6.03. The lowest BCUT2D eigenvalue weighted by Gasteiger charge is -2.11. The summed E-state index contributed by atoms with van der Waals surface area (Å²) < 4.78 is 1.95. The van der Waals surface area contributed by atoms with Gasteiger partial charge in [0.15, 0.2) is 6.10 Å². The number of carbonyl (C=O) groups is 1. The summed E-state index contributed by atoms with van der Waals surface area (Å²) in [6.45, 7) is 0.441. The second kappa shape index (κ2) is 8.00. The normalized spacial score (nSPS) is 12.3. The summed E-state index contributed by atoms with van der Waals surface area (Å²) in [5, 5.41) is 18.2. The van der Waals surface area contributed by atoms with Crippen molar-refractivity contribution in [2.75, 3.05) is 12.0 Å². The van der Waals surface area contributed by atoms with Crippen LogP contribution in [0.4, 0.5) is 0 Å². The van der Waals surface area contributed by atoms with Crippen LogP contribution in [-0.4, -0.2) is 43.8 Å². The van der Waals surface area contributed by atoms with Crippen LogP contribution in [0.25, 0.3) is 11.3 Å². The quantitative estimate of drug-likeness (QED) is 0.780. The first-order chi connectivity index (χ1) is 10.6. The van der Waals surface area contributed by atoms with Gasteiger partial charge in [0.2, 0.25) is 0 Å². The fourth-order valence-corrected chi connectivity index (χ4v) is 2.68. The van der Waals surface area contributed by atoms with E-state index < -0.39 is 12.1 Å². The zero-order chi connectivity index (χ0) is 15.9. The van der Waals surface area contributed by atoms with Gasteiger partial charge in [-0.3, -0.25) is 0 Å². The van der Waals surface area contributed by atoms with Gasteiger partial charge in [0.05, 0.1) is 12.0 Å². The molecule has 0 fully saturated rings. The Bertz CT molecular complexity index is 613. The third kappa shape index (κ3) is 4.11. The summed E-state index contributed by atoms with van der Waals surface area (Å²) in [5.74, 6) is -0.221. The molecule has 1 aromatic heterocycles. The van der Waals surface area contributed by atoms with Crippen molar-refractivity contribution in [1.82, 2.24) is 9.55 Å². The first-order valence-electron chi connectivity index (χ1n) is 7.12. The largest absolute Gasteiger partial charge is 0.479 e. The Balaban J connectivity index is 2.22. The second-order valence-electron chi connectivity index (χ2n) is 4.98. The van der Waals surface area contributed by atoms with Gasteiger partial charge in [0.1, 0.15) is 0 Å². The standard InChI is InChI=1S/C16H20N2O3S/c1-22-10-8-13-15(12-5-3-2-4-6-12)17-11-18(13)9-7-14(19)16(20)21/h2-6,11,14,19H,7-10H2,1H3,(H,20,21)/t14-/m0/s1. The van der Waals surface area contributed by atoms with Gasteiger partial charge >= 0.3 is 5.97 Å². The maximum atomic E-state index is 10.7. The van der Waals surface area contributed by atoms with Crippen molar-refractivity contribution in [3.8, 4) is 11.3 Å².